The summed E-state index contributed by atoms with van der Waals surface area (Å²) in [5.74, 6) is -2.53. The van der Waals surface area contributed by atoms with Gasteiger partial charge >= 0.3 is 0 Å². The molecule has 1 aliphatic heterocycles. The molecule has 2 amide bonds. The third-order valence-electron chi connectivity index (χ3n) is 7.19. The average Bonchev–Trinajstić information content (AvgIpc) is 3.45. The first kappa shape index (κ1) is 28.9. The molecule has 1 aliphatic rings. The molecule has 0 spiro atoms. The summed E-state index contributed by atoms with van der Waals surface area (Å²) < 4.78 is 35.6. The molecule has 1 saturated heterocycles. The van der Waals surface area contributed by atoms with E-state index in [1.54, 1.807) is 27.6 Å². The van der Waals surface area contributed by atoms with Gasteiger partial charge < -0.3 is 30.7 Å². The third-order valence-corrected chi connectivity index (χ3v) is 7.19. The van der Waals surface area contributed by atoms with Crippen LogP contribution in [-0.2, 0) is 11.2 Å². The molecule has 0 aliphatic carbocycles. The van der Waals surface area contributed by atoms with Crippen LogP contribution in [-0.4, -0.2) is 82.1 Å². The topological polar surface area (TPSA) is 133 Å². The highest BCUT2D eigenvalue weighted by atomic mass is 19.2. The van der Waals surface area contributed by atoms with Crippen LogP contribution in [0.15, 0.2) is 48.9 Å². The molecular formula is C29H31F2N7O4. The van der Waals surface area contributed by atoms with Gasteiger partial charge in [0.15, 0.2) is 23.0 Å². The Morgan fingerprint density at radius 3 is 2.79 bits per heavy atom. The lowest BCUT2D eigenvalue weighted by Gasteiger charge is -2.32. The van der Waals surface area contributed by atoms with Crippen molar-refractivity contribution < 1.29 is 28.2 Å². The first-order valence-corrected chi connectivity index (χ1v) is 13.5. The highest BCUT2D eigenvalue weighted by molar-refractivity contribution is 5.98. The van der Waals surface area contributed by atoms with Gasteiger partial charge in [-0.3, -0.25) is 14.0 Å². The number of hydrogen-bond donors (Lipinski definition) is 4. The van der Waals surface area contributed by atoms with Gasteiger partial charge in [0.05, 0.1) is 32.2 Å². The second-order valence-corrected chi connectivity index (χ2v) is 9.76. The molecule has 4 aromatic rings. The van der Waals surface area contributed by atoms with E-state index in [0.29, 0.717) is 54.5 Å². The number of methoxy groups -OCH3 is 1. The molecule has 0 bridgehead atoms. The van der Waals surface area contributed by atoms with Gasteiger partial charge in [-0.25, -0.2) is 14.4 Å². The standard InChI is InChI=1S/C29H31F2N7O4/c1-3-17-12-18(4-5-20(17)29(41)35-14-24(40)37-10-8-32-19(15-37)16-39)36-27-28-34-13-22(38(28)11-9-33-27)21-6-7-23(42-2)26(31)25(21)30/h4-7,9,11-13,19,32,39H,3,8,10,14-16H2,1-2H3,(H,33,36)(H,35,41)/t19-/m0/s1. The van der Waals surface area contributed by atoms with Crippen LogP contribution in [0, 0.1) is 11.6 Å². The molecule has 0 saturated carbocycles. The van der Waals surface area contributed by atoms with E-state index in [9.17, 15) is 23.5 Å². The molecule has 1 atom stereocenters. The quantitative estimate of drug-likeness (QED) is 0.238. The molecule has 11 nitrogen and oxygen atoms in total. The lowest BCUT2D eigenvalue weighted by Crippen LogP contribution is -2.55. The summed E-state index contributed by atoms with van der Waals surface area (Å²) >= 11 is 0. The molecule has 5 rings (SSSR count). The highest BCUT2D eigenvalue weighted by Crippen LogP contribution is 2.31. The number of anilines is 2. The van der Waals surface area contributed by atoms with Crippen molar-refractivity contribution in [3.63, 3.8) is 0 Å². The number of fused-ring (bicyclic) bond motifs is 1. The van der Waals surface area contributed by atoms with Crippen molar-refractivity contribution in [1.29, 1.82) is 0 Å². The van der Waals surface area contributed by atoms with Crippen molar-refractivity contribution in [2.75, 3.05) is 45.2 Å². The lowest BCUT2D eigenvalue weighted by molar-refractivity contribution is -0.131. The summed E-state index contributed by atoms with van der Waals surface area (Å²) in [6, 6.07) is 7.79. The number of hydrogen-bond acceptors (Lipinski definition) is 8. The summed E-state index contributed by atoms with van der Waals surface area (Å²) in [6.45, 7) is 3.18. The van der Waals surface area contributed by atoms with Crippen molar-refractivity contribution in [2.24, 2.45) is 0 Å². The van der Waals surface area contributed by atoms with Gasteiger partial charge in [-0.05, 0) is 42.3 Å². The number of aliphatic hydroxyl groups excluding tert-OH is 1. The molecule has 13 heteroatoms. The van der Waals surface area contributed by atoms with Gasteiger partial charge in [0, 0.05) is 54.9 Å². The predicted molar refractivity (Wildman–Crippen MR) is 152 cm³/mol. The van der Waals surface area contributed by atoms with Crippen LogP contribution in [0.5, 0.6) is 5.75 Å². The van der Waals surface area contributed by atoms with Gasteiger partial charge in [-0.15, -0.1) is 0 Å². The number of ether oxygens (including phenoxy) is 1. The van der Waals surface area contributed by atoms with Crippen molar-refractivity contribution in [2.45, 2.75) is 19.4 Å². The number of carbonyl (C=O) groups is 2. The van der Waals surface area contributed by atoms with E-state index in [2.05, 4.69) is 25.9 Å². The van der Waals surface area contributed by atoms with Crippen molar-refractivity contribution >= 4 is 29.0 Å². The van der Waals surface area contributed by atoms with E-state index in [4.69, 9.17) is 4.74 Å². The van der Waals surface area contributed by atoms with Crippen LogP contribution in [0.1, 0.15) is 22.8 Å². The third kappa shape index (κ3) is 5.74. The normalized spacial score (nSPS) is 15.1. The molecular weight excluding hydrogens is 548 g/mol. The summed E-state index contributed by atoms with van der Waals surface area (Å²) in [5.41, 5.74) is 2.57. The summed E-state index contributed by atoms with van der Waals surface area (Å²) in [4.78, 5) is 35.9. The van der Waals surface area contributed by atoms with Crippen molar-refractivity contribution in [3.8, 4) is 17.0 Å². The van der Waals surface area contributed by atoms with Crippen LogP contribution in [0.2, 0.25) is 0 Å². The number of halogens is 2. The smallest absolute Gasteiger partial charge is 0.251 e. The van der Waals surface area contributed by atoms with Gasteiger partial charge in [0.2, 0.25) is 11.7 Å². The second kappa shape index (κ2) is 12.5. The Labute approximate surface area is 240 Å². The second-order valence-electron chi connectivity index (χ2n) is 9.76. The molecule has 1 fully saturated rings. The SMILES string of the molecule is CCc1cc(Nc2nccn3c(-c4ccc(OC)c(F)c4F)cnc23)ccc1C(=O)NCC(=O)N1CCN[C@H](CO)C1. The number of amides is 2. The maximum Gasteiger partial charge on any atom is 0.251 e. The van der Waals surface area contributed by atoms with Crippen LogP contribution in [0.25, 0.3) is 16.9 Å². The van der Waals surface area contributed by atoms with Gasteiger partial charge in [-0.2, -0.15) is 4.39 Å². The van der Waals surface area contributed by atoms with Crippen LogP contribution in [0.4, 0.5) is 20.3 Å². The van der Waals surface area contributed by atoms with Crippen LogP contribution in [0.3, 0.4) is 0 Å². The summed E-state index contributed by atoms with van der Waals surface area (Å²) in [5, 5.41) is 18.4. The summed E-state index contributed by atoms with van der Waals surface area (Å²) in [6.07, 6.45) is 5.10. The van der Waals surface area contributed by atoms with E-state index < -0.39 is 11.6 Å². The number of nitrogens with one attached hydrogen (secondary N) is 3. The fourth-order valence-corrected chi connectivity index (χ4v) is 4.95. The minimum absolute atomic E-state index is 0.0187. The zero-order valence-corrected chi connectivity index (χ0v) is 23.2. The molecule has 0 unspecified atom stereocenters. The van der Waals surface area contributed by atoms with Gasteiger partial charge in [0.1, 0.15) is 0 Å². The Morgan fingerprint density at radius 1 is 1.19 bits per heavy atom. The maximum atomic E-state index is 14.8. The number of nitrogens with zero attached hydrogens (tertiary/aromatic N) is 4. The Kier molecular flexibility index (Phi) is 8.59. The molecule has 2 aromatic heterocycles. The fraction of sp³-hybridized carbons (Fsp3) is 0.310. The largest absolute Gasteiger partial charge is 0.494 e. The van der Waals surface area contributed by atoms with Crippen molar-refractivity contribution in [3.05, 3.63) is 71.7 Å². The predicted octanol–water partition coefficient (Wildman–Crippen LogP) is 2.51. The number of aromatic nitrogens is 3. The monoisotopic (exact) mass is 579 g/mol. The molecule has 3 heterocycles. The van der Waals surface area contributed by atoms with Gasteiger partial charge in [-0.1, -0.05) is 6.92 Å². The van der Waals surface area contributed by atoms with E-state index in [0.717, 1.165) is 5.56 Å². The number of imidazole rings is 1. The number of aryl methyl sites for hydroxylation is 1. The minimum Gasteiger partial charge on any atom is -0.494 e. The Morgan fingerprint density at radius 2 is 2.02 bits per heavy atom. The van der Waals surface area contributed by atoms with E-state index in [1.807, 2.05) is 13.0 Å². The van der Waals surface area contributed by atoms with E-state index in [-0.39, 0.29) is 42.3 Å². The van der Waals surface area contributed by atoms with Crippen LogP contribution >= 0.6 is 0 Å². The summed E-state index contributed by atoms with van der Waals surface area (Å²) in [7, 11) is 1.27. The van der Waals surface area contributed by atoms with E-state index in [1.165, 1.54) is 31.6 Å². The molecule has 2 aromatic carbocycles. The maximum absolute atomic E-state index is 14.8. The highest BCUT2D eigenvalue weighted by Gasteiger charge is 2.23. The number of aliphatic hydroxyl groups is 1. The van der Waals surface area contributed by atoms with E-state index >= 15 is 0 Å². The number of carbonyl (C=O) groups excluding carboxylic acids is 2. The molecule has 220 valence electrons. The Bertz CT molecular complexity index is 1630. The Balaban J connectivity index is 1.32. The first-order valence-electron chi connectivity index (χ1n) is 13.5. The molecule has 4 N–H and O–H groups in total. The first-order chi connectivity index (χ1) is 20.3. The van der Waals surface area contributed by atoms with Crippen molar-refractivity contribution in [1.82, 2.24) is 29.9 Å². The number of benzene rings is 2. The zero-order valence-electron chi connectivity index (χ0n) is 23.2. The minimum atomic E-state index is -1.09. The molecule has 0 radical (unpaired) electrons. The lowest BCUT2D eigenvalue weighted by atomic mass is 10.0. The number of rotatable bonds is 9. The zero-order chi connectivity index (χ0) is 29.8. The fourth-order valence-electron chi connectivity index (χ4n) is 4.95. The van der Waals surface area contributed by atoms with Crippen LogP contribution < -0.4 is 20.7 Å². The van der Waals surface area contributed by atoms with Gasteiger partial charge in [0.25, 0.3) is 5.91 Å². The Hall–Kier alpha value is -4.62. The molecule has 42 heavy (non-hydrogen) atoms. The average molecular weight is 580 g/mol. The number of piperazine rings is 1.